The number of rotatable bonds is 5. The summed E-state index contributed by atoms with van der Waals surface area (Å²) in [6, 6.07) is 14.6. The molecule has 2 aromatic carbocycles. The van der Waals surface area contributed by atoms with Gasteiger partial charge in [0.2, 0.25) is 0 Å². The first-order chi connectivity index (χ1) is 12.1. The number of carbonyl (C=O) groups is 2. The largest absolute Gasteiger partial charge is 0.493 e. The van der Waals surface area contributed by atoms with Crippen LogP contribution in [0, 0.1) is 0 Å². The van der Waals surface area contributed by atoms with E-state index in [2.05, 4.69) is 0 Å². The second-order valence-corrected chi connectivity index (χ2v) is 6.80. The van der Waals surface area contributed by atoms with Crippen LogP contribution in [0.1, 0.15) is 18.1 Å². The molecule has 0 bridgehead atoms. The van der Waals surface area contributed by atoms with E-state index < -0.39 is 0 Å². The molecule has 6 heteroatoms. The Labute approximate surface area is 155 Å². The minimum atomic E-state index is -0.304. The first-order valence-corrected chi connectivity index (χ1v) is 8.99. The van der Waals surface area contributed by atoms with Crippen LogP contribution in [0.4, 0.5) is 4.79 Å². The summed E-state index contributed by atoms with van der Waals surface area (Å²) >= 11 is 6.98. The Kier molecular flexibility index (Phi) is 5.46. The maximum absolute atomic E-state index is 12.6. The third kappa shape index (κ3) is 4.06. The van der Waals surface area contributed by atoms with E-state index in [0.29, 0.717) is 27.8 Å². The number of carbonyl (C=O) groups excluding carboxylic acids is 2. The summed E-state index contributed by atoms with van der Waals surface area (Å²) in [4.78, 5) is 26.5. The van der Waals surface area contributed by atoms with Gasteiger partial charge in [0.15, 0.2) is 0 Å². The van der Waals surface area contributed by atoms with Crippen LogP contribution in [-0.2, 0) is 11.3 Å². The number of hydrogen-bond acceptors (Lipinski definition) is 4. The summed E-state index contributed by atoms with van der Waals surface area (Å²) in [6.07, 6.45) is 1.66. The molecular formula is C19H16ClNO3S. The van der Waals surface area contributed by atoms with Crippen LogP contribution in [-0.4, -0.2) is 22.7 Å². The minimum Gasteiger partial charge on any atom is -0.493 e. The molecule has 0 radical (unpaired) electrons. The summed E-state index contributed by atoms with van der Waals surface area (Å²) in [6.45, 7) is 2.64. The van der Waals surface area contributed by atoms with Crippen molar-refractivity contribution in [3.05, 3.63) is 69.6 Å². The fourth-order valence-electron chi connectivity index (χ4n) is 2.46. The molecule has 2 amide bonds. The number of nitrogens with zero attached hydrogens (tertiary/aromatic N) is 1. The van der Waals surface area contributed by atoms with Crippen molar-refractivity contribution in [3.8, 4) is 5.75 Å². The Morgan fingerprint density at radius 1 is 1.16 bits per heavy atom. The molecule has 3 rings (SSSR count). The van der Waals surface area contributed by atoms with Crippen LogP contribution in [0.15, 0.2) is 53.4 Å². The highest BCUT2D eigenvalue weighted by molar-refractivity contribution is 8.18. The highest BCUT2D eigenvalue weighted by Crippen LogP contribution is 2.35. The fraction of sp³-hybridized carbons (Fsp3) is 0.158. The number of imide groups is 1. The van der Waals surface area contributed by atoms with Crippen molar-refractivity contribution in [2.24, 2.45) is 0 Å². The normalized spacial score (nSPS) is 15.9. The van der Waals surface area contributed by atoms with Gasteiger partial charge in [-0.3, -0.25) is 14.5 Å². The first kappa shape index (κ1) is 17.6. The first-order valence-electron chi connectivity index (χ1n) is 7.80. The number of amides is 2. The number of ether oxygens (including phenoxy) is 1. The lowest BCUT2D eigenvalue weighted by Gasteiger charge is -2.12. The quantitative estimate of drug-likeness (QED) is 0.694. The number of benzene rings is 2. The maximum atomic E-state index is 12.6. The smallest absolute Gasteiger partial charge is 0.293 e. The molecule has 0 aliphatic carbocycles. The standard InChI is InChI=1S/C19H16ClNO3S/c1-2-24-16-9-8-15(20)10-14(16)11-17-18(22)21(19(23)25-17)12-13-6-4-3-5-7-13/h3-11H,2,12H2,1H3/b17-11-. The van der Waals surface area contributed by atoms with Crippen molar-refractivity contribution in [1.82, 2.24) is 4.90 Å². The predicted molar refractivity (Wildman–Crippen MR) is 101 cm³/mol. The highest BCUT2D eigenvalue weighted by Gasteiger charge is 2.35. The Morgan fingerprint density at radius 2 is 1.92 bits per heavy atom. The summed E-state index contributed by atoms with van der Waals surface area (Å²) < 4.78 is 5.56. The average Bonchev–Trinajstić information content (AvgIpc) is 2.86. The Morgan fingerprint density at radius 3 is 2.64 bits per heavy atom. The molecule has 4 nitrogen and oxygen atoms in total. The van der Waals surface area contributed by atoms with Gasteiger partial charge in [-0.25, -0.2) is 0 Å². The monoisotopic (exact) mass is 373 g/mol. The molecule has 1 heterocycles. The van der Waals surface area contributed by atoms with Crippen LogP contribution < -0.4 is 4.74 Å². The van der Waals surface area contributed by atoms with E-state index in [-0.39, 0.29) is 17.7 Å². The van der Waals surface area contributed by atoms with Crippen LogP contribution in [0.25, 0.3) is 6.08 Å². The van der Waals surface area contributed by atoms with Gasteiger partial charge in [-0.1, -0.05) is 41.9 Å². The Hall–Kier alpha value is -2.24. The summed E-state index contributed by atoms with van der Waals surface area (Å²) in [5.41, 5.74) is 1.59. The van der Waals surface area contributed by atoms with Gasteiger partial charge in [0, 0.05) is 10.6 Å². The molecule has 128 valence electrons. The third-order valence-corrected chi connectivity index (χ3v) is 4.76. The van der Waals surface area contributed by atoms with Gasteiger partial charge in [-0.05, 0) is 48.5 Å². The van der Waals surface area contributed by atoms with E-state index >= 15 is 0 Å². The molecule has 0 atom stereocenters. The van der Waals surface area contributed by atoms with Crippen molar-refractivity contribution >= 4 is 40.6 Å². The highest BCUT2D eigenvalue weighted by atomic mass is 35.5. The van der Waals surface area contributed by atoms with Gasteiger partial charge in [0.05, 0.1) is 18.1 Å². The molecule has 0 unspecified atom stereocenters. The van der Waals surface area contributed by atoms with E-state index in [1.165, 1.54) is 4.90 Å². The lowest BCUT2D eigenvalue weighted by Crippen LogP contribution is -2.27. The van der Waals surface area contributed by atoms with E-state index in [4.69, 9.17) is 16.3 Å². The zero-order valence-corrected chi connectivity index (χ0v) is 15.1. The molecule has 1 aliphatic heterocycles. The SMILES string of the molecule is CCOc1ccc(Cl)cc1/C=C1\SC(=O)N(Cc2ccccc2)C1=O. The van der Waals surface area contributed by atoms with Crippen molar-refractivity contribution in [1.29, 1.82) is 0 Å². The lowest BCUT2D eigenvalue weighted by atomic mass is 10.1. The maximum Gasteiger partial charge on any atom is 0.293 e. The third-order valence-electron chi connectivity index (χ3n) is 3.62. The van der Waals surface area contributed by atoms with Gasteiger partial charge >= 0.3 is 0 Å². The van der Waals surface area contributed by atoms with Crippen LogP contribution >= 0.6 is 23.4 Å². The van der Waals surface area contributed by atoms with E-state index in [0.717, 1.165) is 17.3 Å². The summed E-state index contributed by atoms with van der Waals surface area (Å²) in [5, 5.41) is 0.262. The summed E-state index contributed by atoms with van der Waals surface area (Å²) in [5.74, 6) is 0.322. The zero-order valence-electron chi connectivity index (χ0n) is 13.6. The summed E-state index contributed by atoms with van der Waals surface area (Å²) in [7, 11) is 0. The molecule has 0 saturated carbocycles. The molecular weight excluding hydrogens is 358 g/mol. The van der Waals surface area contributed by atoms with Crippen LogP contribution in [0.5, 0.6) is 5.75 Å². The average molecular weight is 374 g/mol. The molecule has 25 heavy (non-hydrogen) atoms. The van der Waals surface area contributed by atoms with Crippen LogP contribution in [0.2, 0.25) is 5.02 Å². The fourth-order valence-corrected chi connectivity index (χ4v) is 3.47. The van der Waals surface area contributed by atoms with Crippen LogP contribution in [0.3, 0.4) is 0 Å². The Balaban J connectivity index is 1.87. The van der Waals surface area contributed by atoms with Gasteiger partial charge < -0.3 is 4.74 Å². The van der Waals surface area contributed by atoms with Gasteiger partial charge in [0.1, 0.15) is 5.75 Å². The lowest BCUT2D eigenvalue weighted by molar-refractivity contribution is -0.123. The number of thioether (sulfide) groups is 1. The Bertz CT molecular complexity index is 836. The number of hydrogen-bond donors (Lipinski definition) is 0. The molecule has 1 fully saturated rings. The van der Waals surface area contributed by atoms with Crippen molar-refractivity contribution in [2.75, 3.05) is 6.61 Å². The molecule has 0 spiro atoms. The second kappa shape index (κ2) is 7.76. The zero-order chi connectivity index (χ0) is 17.8. The second-order valence-electron chi connectivity index (χ2n) is 5.37. The minimum absolute atomic E-state index is 0.261. The molecule has 2 aromatic rings. The van der Waals surface area contributed by atoms with E-state index in [1.807, 2.05) is 37.3 Å². The van der Waals surface area contributed by atoms with E-state index in [1.54, 1.807) is 24.3 Å². The van der Waals surface area contributed by atoms with Gasteiger partial charge in [-0.2, -0.15) is 0 Å². The van der Waals surface area contributed by atoms with Crippen molar-refractivity contribution in [3.63, 3.8) is 0 Å². The predicted octanol–water partition coefficient (Wildman–Crippen LogP) is 4.98. The molecule has 1 aliphatic rings. The molecule has 0 aromatic heterocycles. The molecule has 0 N–H and O–H groups in total. The van der Waals surface area contributed by atoms with E-state index in [9.17, 15) is 9.59 Å². The van der Waals surface area contributed by atoms with Gasteiger partial charge in [-0.15, -0.1) is 0 Å². The van der Waals surface area contributed by atoms with Crippen molar-refractivity contribution in [2.45, 2.75) is 13.5 Å². The van der Waals surface area contributed by atoms with Crippen molar-refractivity contribution < 1.29 is 14.3 Å². The topological polar surface area (TPSA) is 46.6 Å². The molecule has 1 saturated heterocycles. The number of halogens is 1. The van der Waals surface area contributed by atoms with Gasteiger partial charge in [0.25, 0.3) is 11.1 Å².